The molecule has 1 aromatic heterocycles. The number of aromatic nitrogens is 2. The largest absolute Gasteiger partial charge is 0.393 e. The summed E-state index contributed by atoms with van der Waals surface area (Å²) in [7, 11) is -3.51. The molecular weight excluding hydrogens is 473 g/mol. The number of halogens is 1. The number of rotatable bonds is 7. The Hall–Kier alpha value is -2.35. The van der Waals surface area contributed by atoms with Gasteiger partial charge in [0, 0.05) is 43.5 Å². The van der Waals surface area contributed by atoms with Gasteiger partial charge in [-0.2, -0.15) is 4.37 Å². The minimum atomic E-state index is -3.51. The van der Waals surface area contributed by atoms with Crippen LogP contribution < -0.4 is 10.2 Å². The average molecular weight is 500 g/mol. The Morgan fingerprint density at radius 2 is 2.00 bits per heavy atom. The Morgan fingerprint density at radius 3 is 2.64 bits per heavy atom. The molecule has 0 spiro atoms. The maximum absolute atomic E-state index is 14.4. The lowest BCUT2D eigenvalue weighted by Gasteiger charge is -2.36. The lowest BCUT2D eigenvalue weighted by atomic mass is 10.0. The summed E-state index contributed by atoms with van der Waals surface area (Å²) in [4.78, 5) is 21.0. The second-order valence-corrected chi connectivity index (χ2v) is 11.0. The third-order valence-corrected chi connectivity index (χ3v) is 7.92. The number of amides is 1. The third-order valence-electron chi connectivity index (χ3n) is 6.02. The van der Waals surface area contributed by atoms with E-state index in [0.717, 1.165) is 25.2 Å². The molecule has 2 aromatic rings. The first kappa shape index (κ1) is 23.8. The first-order valence-electron chi connectivity index (χ1n) is 10.6. The predicted octanol–water partition coefficient (Wildman–Crippen LogP) is 0.788. The van der Waals surface area contributed by atoms with Crippen LogP contribution in [0, 0.1) is 5.82 Å². The summed E-state index contributed by atoms with van der Waals surface area (Å²) in [5.41, 5.74) is 0.106. The van der Waals surface area contributed by atoms with Gasteiger partial charge in [-0.3, -0.25) is 4.79 Å². The second-order valence-electron chi connectivity index (χ2n) is 8.28. The Bertz CT molecular complexity index is 1120. The molecule has 3 N–H and O–H groups in total. The Morgan fingerprint density at radius 1 is 1.27 bits per heavy atom. The van der Waals surface area contributed by atoms with Crippen LogP contribution in [-0.2, 0) is 14.6 Å². The first-order valence-corrected chi connectivity index (χ1v) is 13.3. The van der Waals surface area contributed by atoms with E-state index in [9.17, 15) is 22.7 Å². The first-order chi connectivity index (χ1) is 15.7. The van der Waals surface area contributed by atoms with E-state index in [0.29, 0.717) is 31.2 Å². The van der Waals surface area contributed by atoms with Gasteiger partial charge >= 0.3 is 0 Å². The van der Waals surface area contributed by atoms with Crippen LogP contribution in [0.1, 0.15) is 31.2 Å². The number of likely N-dealkylation sites (tertiary alicyclic amines) is 1. The van der Waals surface area contributed by atoms with Gasteiger partial charge < -0.3 is 25.3 Å². The Kier molecular flexibility index (Phi) is 6.84. The van der Waals surface area contributed by atoms with E-state index >= 15 is 0 Å². The summed E-state index contributed by atoms with van der Waals surface area (Å²) in [5.74, 6) is -0.593. The minimum Gasteiger partial charge on any atom is -0.393 e. The number of carbonyl (C=O) groups is 1. The van der Waals surface area contributed by atoms with Gasteiger partial charge in [-0.25, -0.2) is 17.8 Å². The fourth-order valence-electron chi connectivity index (χ4n) is 4.17. The topological polar surface area (TPSA) is 136 Å². The summed E-state index contributed by atoms with van der Waals surface area (Å²) < 4.78 is 41.7. The zero-order chi connectivity index (χ0) is 23.8. The van der Waals surface area contributed by atoms with E-state index in [1.165, 1.54) is 23.7 Å². The van der Waals surface area contributed by atoms with E-state index in [1.54, 1.807) is 0 Å². The van der Waals surface area contributed by atoms with Crippen molar-refractivity contribution in [2.75, 3.05) is 42.7 Å². The molecule has 13 heteroatoms. The zero-order valence-electron chi connectivity index (χ0n) is 18.0. The number of anilines is 2. The van der Waals surface area contributed by atoms with E-state index in [2.05, 4.69) is 19.6 Å². The Labute approximate surface area is 195 Å². The van der Waals surface area contributed by atoms with Gasteiger partial charge in [-0.15, -0.1) is 0 Å². The van der Waals surface area contributed by atoms with Crippen molar-refractivity contribution in [3.05, 3.63) is 29.8 Å². The van der Waals surface area contributed by atoms with E-state index < -0.39 is 34.4 Å². The molecule has 4 rings (SSSR count). The number of aliphatic hydroxyl groups is 2. The van der Waals surface area contributed by atoms with Crippen molar-refractivity contribution in [3.8, 4) is 0 Å². The highest BCUT2D eigenvalue weighted by Crippen LogP contribution is 2.29. The quantitative estimate of drug-likeness (QED) is 0.505. The molecule has 1 aromatic carbocycles. The molecule has 0 radical (unpaired) electrons. The van der Waals surface area contributed by atoms with Crippen LogP contribution in [0.4, 0.5) is 15.2 Å². The van der Waals surface area contributed by atoms with Gasteiger partial charge in [0.05, 0.1) is 17.2 Å². The summed E-state index contributed by atoms with van der Waals surface area (Å²) in [6.07, 6.45) is 1.94. The van der Waals surface area contributed by atoms with Crippen LogP contribution in [-0.4, -0.2) is 83.4 Å². The molecular formula is C20H26FN5O5S2. The van der Waals surface area contributed by atoms with Gasteiger partial charge in [0.2, 0.25) is 11.0 Å². The number of nitrogens with zero attached hydrogens (tertiary/aromatic N) is 4. The van der Waals surface area contributed by atoms with Gasteiger partial charge in [-0.05, 0) is 37.5 Å². The summed E-state index contributed by atoms with van der Waals surface area (Å²) in [6, 6.07) is 3.14. The number of piperidine rings is 1. The lowest BCUT2D eigenvalue weighted by molar-refractivity contribution is -0.130. The monoisotopic (exact) mass is 499 g/mol. The van der Waals surface area contributed by atoms with E-state index in [-0.39, 0.29) is 28.4 Å². The number of aliphatic hydroxyl groups excluding tert-OH is 2. The van der Waals surface area contributed by atoms with Gasteiger partial charge in [-0.1, -0.05) is 0 Å². The zero-order valence-corrected chi connectivity index (χ0v) is 19.6. The van der Waals surface area contributed by atoms with Crippen LogP contribution >= 0.6 is 11.5 Å². The smallest absolute Gasteiger partial charge is 0.245 e. The van der Waals surface area contributed by atoms with Crippen LogP contribution in [0.3, 0.4) is 0 Å². The molecule has 2 aliphatic heterocycles. The van der Waals surface area contributed by atoms with Crippen molar-refractivity contribution in [2.24, 2.45) is 0 Å². The maximum atomic E-state index is 14.4. The lowest BCUT2D eigenvalue weighted by Crippen LogP contribution is -2.47. The van der Waals surface area contributed by atoms with Crippen molar-refractivity contribution < 1.29 is 27.8 Å². The fourth-order valence-corrected chi connectivity index (χ4v) is 5.57. The molecule has 10 nitrogen and oxygen atoms in total. The van der Waals surface area contributed by atoms with Gasteiger partial charge in [0.25, 0.3) is 0 Å². The van der Waals surface area contributed by atoms with Crippen LogP contribution in [0.5, 0.6) is 0 Å². The van der Waals surface area contributed by atoms with Gasteiger partial charge in [0.1, 0.15) is 18.0 Å². The molecule has 3 heterocycles. The number of nitrogens with one attached hydrogen (secondary N) is 1. The predicted molar refractivity (Wildman–Crippen MR) is 120 cm³/mol. The summed E-state index contributed by atoms with van der Waals surface area (Å²) >= 11 is 1.17. The third kappa shape index (κ3) is 5.10. The molecule has 0 aliphatic carbocycles. The Balaban J connectivity index is 1.34. The molecule has 0 saturated carbocycles. The number of hydrogen-bond donors (Lipinski definition) is 3. The molecule has 1 unspecified atom stereocenters. The number of benzene rings is 1. The molecule has 33 heavy (non-hydrogen) atoms. The molecule has 1 amide bonds. The number of hydrogen-bond acceptors (Lipinski definition) is 10. The van der Waals surface area contributed by atoms with E-state index in [4.69, 9.17) is 5.11 Å². The average Bonchev–Trinajstić information content (AvgIpc) is 3.42. The molecule has 2 fully saturated rings. The van der Waals surface area contributed by atoms with Crippen molar-refractivity contribution in [1.82, 2.24) is 14.3 Å². The van der Waals surface area contributed by atoms with Crippen LogP contribution in [0.2, 0.25) is 0 Å². The van der Waals surface area contributed by atoms with Gasteiger partial charge in [0.15, 0.2) is 15.7 Å². The molecule has 2 atom stereocenters. The van der Waals surface area contributed by atoms with E-state index in [1.807, 2.05) is 4.90 Å². The summed E-state index contributed by atoms with van der Waals surface area (Å²) in [6.45, 7) is 1.49. The second kappa shape index (κ2) is 9.49. The SMILES string of the molecule is CS(=O)(=O)c1ccc(NC2CCN(C3CCN(c4nc([C@H](O)CO)ns4)CC3)C2=O)c(F)c1. The summed E-state index contributed by atoms with van der Waals surface area (Å²) in [5, 5.41) is 22.3. The van der Waals surface area contributed by atoms with Crippen LogP contribution in [0.25, 0.3) is 0 Å². The highest BCUT2D eigenvalue weighted by molar-refractivity contribution is 7.90. The minimum absolute atomic E-state index is 0.0634. The van der Waals surface area contributed by atoms with Crippen molar-refractivity contribution in [3.63, 3.8) is 0 Å². The molecule has 0 bridgehead atoms. The molecule has 2 aliphatic rings. The normalized spacial score (nSPS) is 21.0. The van der Waals surface area contributed by atoms with Crippen molar-refractivity contribution in [2.45, 2.75) is 42.3 Å². The maximum Gasteiger partial charge on any atom is 0.245 e. The standard InChI is InChI=1S/C20H26FN5O5S2/c1-33(30,31)13-2-3-15(14(21)10-13)22-16-6-9-26(19(16)29)12-4-7-25(8-5-12)20-23-18(24-32-20)17(28)11-27/h2-3,10,12,16-17,22,27-28H,4-9,11H2,1H3/t16?,17-/m1/s1. The highest BCUT2D eigenvalue weighted by atomic mass is 32.2. The van der Waals surface area contributed by atoms with Crippen molar-refractivity contribution in [1.29, 1.82) is 0 Å². The highest BCUT2D eigenvalue weighted by Gasteiger charge is 2.37. The number of carbonyl (C=O) groups excluding carboxylic acids is 1. The molecule has 2 saturated heterocycles. The van der Waals surface area contributed by atoms with Crippen LogP contribution in [0.15, 0.2) is 23.1 Å². The fraction of sp³-hybridized carbons (Fsp3) is 0.550. The van der Waals surface area contributed by atoms with Crippen molar-refractivity contribution >= 4 is 38.1 Å². The molecule has 180 valence electrons. The number of sulfone groups is 1.